The number of allylic oxidation sites excluding steroid dienone is 1. The fraction of sp³-hybridized carbons (Fsp3) is 0.636. The summed E-state index contributed by atoms with van der Waals surface area (Å²) < 4.78 is 5.60. The molecule has 1 aliphatic carbocycles. The Balaban J connectivity index is 2.15. The number of rotatable bonds is 1. The van der Waals surface area contributed by atoms with Crippen LogP contribution in [-0.2, 0) is 4.74 Å². The Morgan fingerprint density at radius 2 is 2.36 bits per heavy atom. The van der Waals surface area contributed by atoms with Gasteiger partial charge in [0.15, 0.2) is 0 Å². The van der Waals surface area contributed by atoms with Crippen molar-refractivity contribution >= 4 is 0 Å². The second kappa shape index (κ2) is 3.50. The third kappa shape index (κ3) is 1.52. The van der Waals surface area contributed by atoms with Crippen molar-refractivity contribution in [1.29, 1.82) is 0 Å². The number of hydrogen-bond donors (Lipinski definition) is 2. The van der Waals surface area contributed by atoms with E-state index in [1.54, 1.807) is 13.0 Å². The lowest BCUT2D eigenvalue weighted by molar-refractivity contribution is -0.0641. The van der Waals surface area contributed by atoms with E-state index >= 15 is 0 Å². The predicted octanol–water partition coefficient (Wildman–Crippen LogP) is 0.628. The minimum Gasteiger partial charge on any atom is -0.391 e. The molecule has 3 heteroatoms. The molecule has 0 aromatic heterocycles. The highest BCUT2D eigenvalue weighted by Gasteiger charge is 2.42. The van der Waals surface area contributed by atoms with Crippen LogP contribution in [0.2, 0.25) is 0 Å². The summed E-state index contributed by atoms with van der Waals surface area (Å²) in [5, 5.41) is 19.1. The molecule has 0 amide bonds. The molecule has 2 N–H and O–H groups in total. The summed E-state index contributed by atoms with van der Waals surface area (Å²) in [5.74, 6) is 0.162. The minimum atomic E-state index is -0.561. The molecule has 14 heavy (non-hydrogen) atoms. The first-order valence-electron chi connectivity index (χ1n) is 4.98. The van der Waals surface area contributed by atoms with Crippen molar-refractivity contribution in [1.82, 2.24) is 0 Å². The molecule has 1 saturated heterocycles. The number of ether oxygens (including phenoxy) is 1. The van der Waals surface area contributed by atoms with E-state index in [1.165, 1.54) is 0 Å². The van der Waals surface area contributed by atoms with Gasteiger partial charge in [-0.25, -0.2) is 0 Å². The van der Waals surface area contributed by atoms with Crippen LogP contribution < -0.4 is 0 Å². The highest BCUT2D eigenvalue weighted by Crippen LogP contribution is 2.38. The Morgan fingerprint density at radius 1 is 1.64 bits per heavy atom. The van der Waals surface area contributed by atoms with Gasteiger partial charge in [0.1, 0.15) is 0 Å². The molecule has 0 radical (unpaired) electrons. The van der Waals surface area contributed by atoms with Crippen LogP contribution in [-0.4, -0.2) is 34.6 Å². The van der Waals surface area contributed by atoms with E-state index in [9.17, 15) is 10.2 Å². The van der Waals surface area contributed by atoms with Gasteiger partial charge in [-0.15, -0.1) is 0 Å². The molecule has 2 rings (SSSR count). The van der Waals surface area contributed by atoms with Crippen LogP contribution in [0.15, 0.2) is 24.3 Å². The van der Waals surface area contributed by atoms with Crippen LogP contribution in [0, 0.1) is 5.92 Å². The van der Waals surface area contributed by atoms with Crippen molar-refractivity contribution < 1.29 is 14.9 Å². The van der Waals surface area contributed by atoms with Crippen molar-refractivity contribution in [3.63, 3.8) is 0 Å². The Bertz CT molecular complexity index is 270. The van der Waals surface area contributed by atoms with Gasteiger partial charge in [-0.3, -0.25) is 0 Å². The van der Waals surface area contributed by atoms with E-state index in [0.29, 0.717) is 0 Å². The SMILES string of the molecule is C=C1C=CC(O)C2OC(C(C)O)CC12. The highest BCUT2D eigenvalue weighted by atomic mass is 16.5. The Labute approximate surface area is 83.7 Å². The number of aliphatic hydroxyl groups excluding tert-OH is 2. The van der Waals surface area contributed by atoms with Crippen molar-refractivity contribution in [3.05, 3.63) is 24.3 Å². The summed E-state index contributed by atoms with van der Waals surface area (Å²) >= 11 is 0. The van der Waals surface area contributed by atoms with E-state index in [2.05, 4.69) is 6.58 Å². The van der Waals surface area contributed by atoms with Crippen LogP contribution in [0.4, 0.5) is 0 Å². The minimum absolute atomic E-state index is 0.162. The van der Waals surface area contributed by atoms with Gasteiger partial charge in [-0.05, 0) is 18.9 Å². The Kier molecular flexibility index (Phi) is 2.47. The maximum Gasteiger partial charge on any atom is 0.0992 e. The molecule has 0 aromatic carbocycles. The normalized spacial score (nSPS) is 43.8. The summed E-state index contributed by atoms with van der Waals surface area (Å²) in [6, 6.07) is 0. The summed E-state index contributed by atoms with van der Waals surface area (Å²) in [7, 11) is 0. The largest absolute Gasteiger partial charge is 0.391 e. The third-order valence-electron chi connectivity index (χ3n) is 3.07. The summed E-state index contributed by atoms with van der Waals surface area (Å²) in [6.45, 7) is 5.64. The molecule has 0 saturated carbocycles. The van der Waals surface area contributed by atoms with Gasteiger partial charge in [0, 0.05) is 5.92 Å². The molecular weight excluding hydrogens is 180 g/mol. The zero-order chi connectivity index (χ0) is 10.3. The van der Waals surface area contributed by atoms with Crippen molar-refractivity contribution in [2.75, 3.05) is 0 Å². The molecule has 2 aliphatic rings. The van der Waals surface area contributed by atoms with Crippen LogP contribution in [0.1, 0.15) is 13.3 Å². The molecular formula is C11H16O3. The molecule has 3 nitrogen and oxygen atoms in total. The summed E-state index contributed by atoms with van der Waals surface area (Å²) in [5.41, 5.74) is 0.989. The van der Waals surface area contributed by atoms with E-state index in [1.807, 2.05) is 6.08 Å². The second-order valence-corrected chi connectivity index (χ2v) is 4.15. The first-order chi connectivity index (χ1) is 6.59. The van der Waals surface area contributed by atoms with Crippen LogP contribution in [0.3, 0.4) is 0 Å². The molecule has 0 spiro atoms. The number of hydrogen-bond acceptors (Lipinski definition) is 3. The first-order valence-corrected chi connectivity index (χ1v) is 4.98. The molecule has 78 valence electrons. The van der Waals surface area contributed by atoms with Gasteiger partial charge >= 0.3 is 0 Å². The van der Waals surface area contributed by atoms with Crippen molar-refractivity contribution in [2.45, 2.75) is 37.8 Å². The average Bonchev–Trinajstić information content (AvgIpc) is 2.57. The topological polar surface area (TPSA) is 49.7 Å². The lowest BCUT2D eigenvalue weighted by Gasteiger charge is -2.26. The van der Waals surface area contributed by atoms with Gasteiger partial charge in [0.05, 0.1) is 24.4 Å². The predicted molar refractivity (Wildman–Crippen MR) is 52.7 cm³/mol. The van der Waals surface area contributed by atoms with Crippen molar-refractivity contribution in [2.24, 2.45) is 5.92 Å². The maximum absolute atomic E-state index is 9.66. The van der Waals surface area contributed by atoms with Gasteiger partial charge in [0.2, 0.25) is 0 Å². The summed E-state index contributed by atoms with van der Waals surface area (Å²) in [6.07, 6.45) is 2.87. The molecule has 1 heterocycles. The Morgan fingerprint density at radius 3 is 2.93 bits per heavy atom. The molecule has 1 fully saturated rings. The lowest BCUT2D eigenvalue weighted by atomic mass is 9.84. The Hall–Kier alpha value is -0.640. The van der Waals surface area contributed by atoms with E-state index in [4.69, 9.17) is 4.74 Å². The van der Waals surface area contributed by atoms with Gasteiger partial charge in [-0.2, -0.15) is 0 Å². The smallest absolute Gasteiger partial charge is 0.0992 e. The highest BCUT2D eigenvalue weighted by molar-refractivity contribution is 5.27. The van der Waals surface area contributed by atoms with E-state index < -0.39 is 12.2 Å². The fourth-order valence-electron chi connectivity index (χ4n) is 2.18. The van der Waals surface area contributed by atoms with Crippen LogP contribution >= 0.6 is 0 Å². The van der Waals surface area contributed by atoms with Gasteiger partial charge in [0.25, 0.3) is 0 Å². The van der Waals surface area contributed by atoms with Gasteiger partial charge in [-0.1, -0.05) is 18.7 Å². The monoisotopic (exact) mass is 196 g/mol. The zero-order valence-electron chi connectivity index (χ0n) is 8.26. The zero-order valence-corrected chi connectivity index (χ0v) is 8.26. The van der Waals surface area contributed by atoms with E-state index in [-0.39, 0.29) is 18.1 Å². The molecule has 5 atom stereocenters. The van der Waals surface area contributed by atoms with E-state index in [0.717, 1.165) is 12.0 Å². The fourth-order valence-corrected chi connectivity index (χ4v) is 2.18. The maximum atomic E-state index is 9.66. The number of fused-ring (bicyclic) bond motifs is 1. The standard InChI is InChI=1S/C11H16O3/c1-6-3-4-9(13)11-8(6)5-10(14-11)7(2)12/h3-4,7-13H,1,5H2,2H3. The van der Waals surface area contributed by atoms with Crippen molar-refractivity contribution in [3.8, 4) is 0 Å². The number of aliphatic hydroxyl groups is 2. The van der Waals surface area contributed by atoms with Gasteiger partial charge < -0.3 is 14.9 Å². The lowest BCUT2D eigenvalue weighted by Crippen LogP contribution is -2.33. The molecule has 5 unspecified atom stereocenters. The first kappa shape index (κ1) is 9.90. The van der Waals surface area contributed by atoms with Crippen LogP contribution in [0.25, 0.3) is 0 Å². The molecule has 0 aromatic rings. The third-order valence-corrected chi connectivity index (χ3v) is 3.07. The quantitative estimate of drug-likeness (QED) is 0.646. The average molecular weight is 196 g/mol. The molecule has 1 aliphatic heterocycles. The summed E-state index contributed by atoms with van der Waals surface area (Å²) in [4.78, 5) is 0. The molecule has 0 bridgehead atoms. The second-order valence-electron chi connectivity index (χ2n) is 4.15. The van der Waals surface area contributed by atoms with Crippen LogP contribution in [0.5, 0.6) is 0 Å².